The predicted octanol–water partition coefficient (Wildman–Crippen LogP) is -5.71. The van der Waals surface area contributed by atoms with Gasteiger partial charge in [-0.25, -0.2) is 0 Å². The van der Waals surface area contributed by atoms with Crippen LogP contribution in [0, 0.1) is 0 Å². The summed E-state index contributed by atoms with van der Waals surface area (Å²) in [5.74, 6) is 0. The molecule has 1 saturated carbocycles. The Hall–Kier alpha value is -0.560. The van der Waals surface area contributed by atoms with Crippen LogP contribution in [0.5, 0.6) is 0 Å². The minimum absolute atomic E-state index is 0.00282. The lowest BCUT2D eigenvalue weighted by Crippen LogP contribution is -2.72. The van der Waals surface area contributed by atoms with Crippen LogP contribution in [0.1, 0.15) is 20.3 Å². The van der Waals surface area contributed by atoms with Gasteiger partial charge in [0.2, 0.25) is 0 Å². The minimum atomic E-state index is -1.32. The molecule has 3 aliphatic rings. The van der Waals surface area contributed by atoms with Gasteiger partial charge in [-0.05, 0) is 27.3 Å². The van der Waals surface area contributed by atoms with Crippen LogP contribution < -0.4 is 39.7 Å². The van der Waals surface area contributed by atoms with Gasteiger partial charge in [0.25, 0.3) is 0 Å². The van der Waals surface area contributed by atoms with Gasteiger partial charge in [0.1, 0.15) is 23.9 Å². The van der Waals surface area contributed by atoms with Crippen molar-refractivity contribution in [1.82, 2.24) is 5.32 Å². The standard InChI is InChI=1S/C20H43N7O7/c1-6(21)14-13(29)12(28)9(24)19(32-14)34-16-8(23)4-7(22)15(10(16)25)33-18-11(26)17(27-3)20(2,30)5-31-18/h6-19,27-30H,4-5,21-26H2,1-3H3. The minimum Gasteiger partial charge on any atom is -0.388 e. The first kappa shape index (κ1) is 28.0. The molecule has 3 fully saturated rings. The molecule has 16 N–H and O–H groups in total. The van der Waals surface area contributed by atoms with Crippen molar-refractivity contribution in [3.63, 3.8) is 0 Å². The molecule has 0 spiro atoms. The molecule has 2 aliphatic heterocycles. The molecular weight excluding hydrogens is 450 g/mol. The molecule has 0 aromatic rings. The summed E-state index contributed by atoms with van der Waals surface area (Å²) in [4.78, 5) is 0. The molecule has 14 heteroatoms. The lowest BCUT2D eigenvalue weighted by molar-refractivity contribution is -0.291. The zero-order valence-electron chi connectivity index (χ0n) is 19.9. The third kappa shape index (κ3) is 5.40. The maximum atomic E-state index is 10.5. The molecular formula is C20H43N7O7. The fraction of sp³-hybridized carbons (Fsp3) is 1.00. The van der Waals surface area contributed by atoms with Crippen molar-refractivity contribution in [2.75, 3.05) is 13.7 Å². The normalized spacial score (nSPS) is 53.5. The van der Waals surface area contributed by atoms with E-state index in [-0.39, 0.29) is 6.61 Å². The largest absolute Gasteiger partial charge is 0.388 e. The Morgan fingerprint density at radius 3 is 2.03 bits per heavy atom. The van der Waals surface area contributed by atoms with Crippen molar-refractivity contribution in [3.05, 3.63) is 0 Å². The number of hydrogen-bond acceptors (Lipinski definition) is 14. The molecule has 34 heavy (non-hydrogen) atoms. The number of hydrogen-bond donors (Lipinski definition) is 10. The van der Waals surface area contributed by atoms with E-state index in [1.807, 2.05) is 0 Å². The first-order chi connectivity index (χ1) is 15.8. The van der Waals surface area contributed by atoms with Gasteiger partial charge in [0.15, 0.2) is 12.6 Å². The van der Waals surface area contributed by atoms with Crippen molar-refractivity contribution in [3.8, 4) is 0 Å². The molecule has 1 aliphatic carbocycles. The second kappa shape index (κ2) is 10.8. The summed E-state index contributed by atoms with van der Waals surface area (Å²) < 4.78 is 23.6. The maximum absolute atomic E-state index is 10.5. The molecule has 3 rings (SSSR count). The molecule has 0 aromatic carbocycles. The quantitative estimate of drug-likeness (QED) is 0.165. The van der Waals surface area contributed by atoms with Gasteiger partial charge in [-0.3, -0.25) is 0 Å². The first-order valence-electron chi connectivity index (χ1n) is 11.7. The highest BCUT2D eigenvalue weighted by Crippen LogP contribution is 2.31. The fourth-order valence-corrected chi connectivity index (χ4v) is 5.16. The Morgan fingerprint density at radius 2 is 1.50 bits per heavy atom. The van der Waals surface area contributed by atoms with Gasteiger partial charge >= 0.3 is 0 Å². The second-order valence-electron chi connectivity index (χ2n) is 10.1. The summed E-state index contributed by atoms with van der Waals surface area (Å²) in [5.41, 5.74) is 36.2. The fourth-order valence-electron chi connectivity index (χ4n) is 5.16. The highest BCUT2D eigenvalue weighted by molar-refractivity contribution is 5.04. The van der Waals surface area contributed by atoms with E-state index in [0.717, 1.165) is 0 Å². The summed E-state index contributed by atoms with van der Waals surface area (Å²) in [6, 6.07) is -4.79. The Morgan fingerprint density at radius 1 is 0.941 bits per heavy atom. The lowest BCUT2D eigenvalue weighted by Gasteiger charge is -2.50. The molecule has 0 radical (unpaired) electrons. The van der Waals surface area contributed by atoms with Crippen LogP contribution in [-0.2, 0) is 18.9 Å². The van der Waals surface area contributed by atoms with Gasteiger partial charge in [0, 0.05) is 18.1 Å². The number of aliphatic hydroxyl groups excluding tert-OH is 2. The van der Waals surface area contributed by atoms with E-state index >= 15 is 0 Å². The maximum Gasteiger partial charge on any atom is 0.176 e. The highest BCUT2D eigenvalue weighted by atomic mass is 16.7. The molecule has 15 unspecified atom stereocenters. The number of ether oxygens (including phenoxy) is 4. The number of likely N-dealkylation sites (N-methyl/N-ethyl adjacent to an activating group) is 1. The molecule has 0 bridgehead atoms. The van der Waals surface area contributed by atoms with Gasteiger partial charge in [-0.2, -0.15) is 0 Å². The predicted molar refractivity (Wildman–Crippen MR) is 122 cm³/mol. The van der Waals surface area contributed by atoms with Crippen LogP contribution in [0.4, 0.5) is 0 Å². The summed E-state index contributed by atoms with van der Waals surface area (Å²) in [6.45, 7) is 3.26. The van der Waals surface area contributed by atoms with Crippen LogP contribution in [0.15, 0.2) is 0 Å². The van der Waals surface area contributed by atoms with Crippen molar-refractivity contribution >= 4 is 0 Å². The van der Waals surface area contributed by atoms with Crippen LogP contribution >= 0.6 is 0 Å². The van der Waals surface area contributed by atoms with Crippen LogP contribution in [0.2, 0.25) is 0 Å². The highest BCUT2D eigenvalue weighted by Gasteiger charge is 2.51. The van der Waals surface area contributed by atoms with E-state index < -0.39 is 91.0 Å². The van der Waals surface area contributed by atoms with E-state index in [2.05, 4.69) is 5.32 Å². The zero-order valence-corrected chi connectivity index (χ0v) is 19.9. The summed E-state index contributed by atoms with van der Waals surface area (Å²) >= 11 is 0. The van der Waals surface area contributed by atoms with Crippen molar-refractivity contribution in [1.29, 1.82) is 0 Å². The smallest absolute Gasteiger partial charge is 0.176 e. The lowest BCUT2D eigenvalue weighted by atomic mass is 9.82. The average molecular weight is 494 g/mol. The molecule has 15 atom stereocenters. The third-order valence-electron chi connectivity index (χ3n) is 7.15. The van der Waals surface area contributed by atoms with Crippen LogP contribution in [0.25, 0.3) is 0 Å². The number of nitrogens with one attached hydrogen (secondary N) is 1. The van der Waals surface area contributed by atoms with E-state index in [1.165, 1.54) is 0 Å². The van der Waals surface area contributed by atoms with Gasteiger partial charge < -0.3 is 74.0 Å². The first-order valence-corrected chi connectivity index (χ1v) is 11.7. The molecule has 14 nitrogen and oxygen atoms in total. The number of aliphatic hydroxyl groups is 3. The van der Waals surface area contributed by atoms with Crippen molar-refractivity contribution in [2.45, 2.75) is 111 Å². The Balaban J connectivity index is 1.73. The second-order valence-corrected chi connectivity index (χ2v) is 10.1. The van der Waals surface area contributed by atoms with Gasteiger partial charge in [-0.15, -0.1) is 0 Å². The van der Waals surface area contributed by atoms with Gasteiger partial charge in [-0.1, -0.05) is 0 Å². The molecule has 0 amide bonds. The number of rotatable bonds is 6. The molecule has 200 valence electrons. The zero-order chi connectivity index (χ0) is 25.5. The van der Waals surface area contributed by atoms with E-state index in [9.17, 15) is 15.3 Å². The Bertz CT molecular complexity index is 677. The Labute approximate surface area is 199 Å². The summed E-state index contributed by atoms with van der Waals surface area (Å²) in [5, 5.41) is 34.2. The summed E-state index contributed by atoms with van der Waals surface area (Å²) in [7, 11) is 1.69. The molecule has 2 saturated heterocycles. The molecule has 0 aromatic heterocycles. The monoisotopic (exact) mass is 493 g/mol. The van der Waals surface area contributed by atoms with E-state index in [0.29, 0.717) is 6.42 Å². The van der Waals surface area contributed by atoms with E-state index in [1.54, 1.807) is 20.9 Å². The Kier molecular flexibility index (Phi) is 8.92. The molecule has 2 heterocycles. The van der Waals surface area contributed by atoms with Crippen molar-refractivity contribution < 1.29 is 34.3 Å². The van der Waals surface area contributed by atoms with Gasteiger partial charge in [0.05, 0.1) is 43.0 Å². The average Bonchev–Trinajstić information content (AvgIpc) is 2.75. The van der Waals surface area contributed by atoms with E-state index in [4.69, 9.17) is 53.3 Å². The van der Waals surface area contributed by atoms with Crippen molar-refractivity contribution in [2.24, 2.45) is 34.4 Å². The van der Waals surface area contributed by atoms with Crippen LogP contribution in [-0.4, -0.2) is 120 Å². The SMILES string of the molecule is CNC1C(N)C(OC2C(N)CC(N)C(OC3OC(C(C)N)C(O)C(O)C3N)C2N)OCC1(C)O. The summed E-state index contributed by atoms with van der Waals surface area (Å²) in [6.07, 6.45) is -6.74. The third-order valence-corrected chi connectivity index (χ3v) is 7.15. The topological polar surface area (TPSA) is 266 Å². The van der Waals surface area contributed by atoms with Crippen LogP contribution in [0.3, 0.4) is 0 Å². The number of nitrogens with two attached hydrogens (primary N) is 6.